The Balaban J connectivity index is 0.803. The Bertz CT molecular complexity index is 6800. The fourth-order valence-electron chi connectivity index (χ4n) is 15.6. The molecular formula is C81H54O52. The zero-order valence-electron chi connectivity index (χ0n) is 65.0. The van der Waals surface area contributed by atoms with Crippen molar-refractivity contribution in [1.82, 2.24) is 0 Å². The molecule has 0 amide bonds. The number of phenolic OH excluding ortho intramolecular Hbond substituents is 26. The first-order valence-electron chi connectivity index (χ1n) is 37.2. The van der Waals surface area contributed by atoms with E-state index in [1.807, 2.05) is 0 Å². The summed E-state index contributed by atoms with van der Waals surface area (Å²) in [7, 11) is 0. The van der Waals surface area contributed by atoms with Crippen LogP contribution in [0.2, 0.25) is 0 Å². The second kappa shape index (κ2) is 31.5. The summed E-state index contributed by atoms with van der Waals surface area (Å²) in [4.78, 5) is 178. The molecule has 7 unspecified atom stereocenters. The molecule has 1 saturated carbocycles. The number of esters is 10. The summed E-state index contributed by atoms with van der Waals surface area (Å²) in [5, 5.41) is 299. The van der Waals surface area contributed by atoms with Gasteiger partial charge in [-0.25, -0.2) is 43.2 Å². The number of aliphatic hydroxyl groups is 1. The van der Waals surface area contributed by atoms with Crippen LogP contribution in [0.1, 0.15) is 111 Å². The molecule has 133 heavy (non-hydrogen) atoms. The van der Waals surface area contributed by atoms with Crippen molar-refractivity contribution in [1.29, 1.82) is 0 Å². The van der Waals surface area contributed by atoms with Gasteiger partial charge in [0.2, 0.25) is 94.7 Å². The molecule has 27 N–H and O–H groups in total. The molecule has 9 aromatic rings. The smallest absolute Gasteiger partial charge is 0.344 e. The van der Waals surface area contributed by atoms with Crippen LogP contribution in [0.3, 0.4) is 0 Å². The van der Waals surface area contributed by atoms with E-state index in [1.165, 1.54) is 0 Å². The van der Waals surface area contributed by atoms with E-state index in [1.54, 1.807) is 0 Å². The third kappa shape index (κ3) is 13.9. The predicted octanol–water partition coefficient (Wildman–Crippen LogP) is 1.86. The standard InChI is InChI=1S/C81H54O52/c82-23-1-13(69(111)130-79-66-64(125-72(114)16-5-26(85)46(95)55(104)37(16)39-18(74(116)127-66)7-28(87)48(97)57(39)106)63-34(123-79)12-121-70(112)14-3-24(83)44(93)53(102)35(14)36-15(71(113)124-63)4-25(84)45(94)54(36)103)2-33(43(23)92)122-62-22(11-32(91)52(101)61(62)110)78(120)132-81-68-65(126-73(115)17-6-27(86)47(96)56(105)38(17)40-19(75(117)129-68)8-29(88)49(98)58(40)107)67-80(133-81)131-77(119)21-10-31(90)51(100)60(109)42(21)41-20(76(118)128-67)9-30(89)50(99)59(41)108/h1-3,5-11,15,34,36,45,63-68,79-83,85-102,104-110H,4,12H2/t15?,34?,36-,45?,63?,64+,65-,66?,67?,68-,79+,80+,81?/m1/s1. The minimum absolute atomic E-state index is 0.0827. The maximum atomic E-state index is 15.4. The van der Waals surface area contributed by atoms with E-state index < -0.39 is 414 Å². The Morgan fingerprint density at radius 2 is 0.654 bits per heavy atom. The van der Waals surface area contributed by atoms with Crippen molar-refractivity contribution in [3.63, 3.8) is 0 Å². The molecule has 6 aliphatic heterocycles. The molecule has 0 bridgehead atoms. The van der Waals surface area contributed by atoms with Gasteiger partial charge < -0.3 is 195 Å². The molecule has 52 heteroatoms. The number of aliphatic hydroxyl groups excluding tert-OH is 1. The summed E-state index contributed by atoms with van der Waals surface area (Å²) in [6, 6.07) is 2.41. The van der Waals surface area contributed by atoms with Gasteiger partial charge in [0.05, 0.1) is 56.3 Å². The van der Waals surface area contributed by atoms with Gasteiger partial charge in [0.15, 0.2) is 139 Å². The van der Waals surface area contributed by atoms with E-state index >= 15 is 33.6 Å². The first kappa shape index (κ1) is 88.0. The molecule has 0 radical (unpaired) electrons. The van der Waals surface area contributed by atoms with Crippen molar-refractivity contribution in [3.05, 3.63) is 116 Å². The van der Waals surface area contributed by atoms with Crippen LogP contribution in [0, 0.1) is 5.92 Å². The fourth-order valence-corrected chi connectivity index (χ4v) is 15.6. The summed E-state index contributed by atoms with van der Waals surface area (Å²) in [6.45, 7) is -1.54. The van der Waals surface area contributed by atoms with Gasteiger partial charge in [0, 0.05) is 51.4 Å². The zero-order chi connectivity index (χ0) is 96.5. The van der Waals surface area contributed by atoms with Crippen molar-refractivity contribution >= 4 is 71.3 Å². The van der Waals surface area contributed by atoms with E-state index in [0.29, 0.717) is 6.07 Å². The first-order chi connectivity index (χ1) is 62.6. The molecule has 0 spiro atoms. The topological polar surface area (TPSA) is 871 Å². The SMILES string of the molecule is O=C(O[C@@H]1OC2COC(=O)c3cc(O)c(O)c(O)c3[C@@H]3C(=O)C(O)C(=O)CC3C(=O)OC2[C@@H]2OC(=O)c3cc(O)c(O)c(O)c3-c3c(cc(O)c(O)c3O)C(=O)OC12)c1cc(O)c(O)c(Oc2c(C(=O)OC3O[C@@H]4OC(=O)c5cc(O)c(O)c(O)c5-c5c(cc(O)c(O)c5O)C(=O)OC4[C@H]4OC(=O)c5cc(O)c(O)c(O)c5-c5c(cc(O)c(O)c5O)C(=O)O[C@@H]34)cc(O)c(O)c2O)c1. The number of rotatable bonds is 6. The van der Waals surface area contributed by atoms with Crippen LogP contribution in [-0.2, 0) is 71.2 Å². The molecule has 1 aliphatic carbocycles. The number of phenols is 26. The quantitative estimate of drug-likeness (QED) is 0.0489. The molecule has 16 rings (SSSR count). The normalized spacial score (nSPS) is 22.5. The fraction of sp³-hybridized carbons (Fsp3) is 0.185. The van der Waals surface area contributed by atoms with E-state index in [2.05, 4.69) is 0 Å². The molecule has 2 saturated heterocycles. The summed E-state index contributed by atoms with van der Waals surface area (Å²) in [6.07, 6.45) is -33.3. The predicted molar refractivity (Wildman–Crippen MR) is 405 cm³/mol. The van der Waals surface area contributed by atoms with Crippen molar-refractivity contribution < 1.29 is 257 Å². The number of carbonyl (C=O) groups excluding carboxylic acids is 12. The lowest BCUT2D eigenvalue weighted by atomic mass is 9.71. The summed E-state index contributed by atoms with van der Waals surface area (Å²) in [5.41, 5.74) is -20.9. The Hall–Kier alpha value is -18.5. The summed E-state index contributed by atoms with van der Waals surface area (Å²) < 4.78 is 74.3. The number of hydrogen-bond acceptors (Lipinski definition) is 52. The number of aromatic hydroxyl groups is 26. The van der Waals surface area contributed by atoms with Gasteiger partial charge in [-0.2, -0.15) is 0 Å². The largest absolute Gasteiger partial charge is 0.504 e. The van der Waals surface area contributed by atoms with E-state index in [9.17, 15) is 162 Å². The van der Waals surface area contributed by atoms with Crippen LogP contribution in [0.4, 0.5) is 0 Å². The lowest BCUT2D eigenvalue weighted by molar-refractivity contribution is -0.322. The van der Waals surface area contributed by atoms with Crippen LogP contribution in [-0.4, -0.2) is 283 Å². The Kier molecular flexibility index (Phi) is 20.8. The molecular weight excluding hydrogens is 1800 g/mol. The highest BCUT2D eigenvalue weighted by molar-refractivity contribution is 6.15. The summed E-state index contributed by atoms with van der Waals surface area (Å²) >= 11 is 0. The highest BCUT2D eigenvalue weighted by Crippen LogP contribution is 2.60. The van der Waals surface area contributed by atoms with Crippen molar-refractivity contribution in [3.8, 4) is 194 Å². The molecule has 0 aromatic heterocycles. The number of cyclic esters (lactones) is 1. The van der Waals surface area contributed by atoms with Crippen molar-refractivity contribution in [2.75, 3.05) is 6.61 Å². The number of carbonyl (C=O) groups is 12. The zero-order valence-corrected chi connectivity index (χ0v) is 65.0. The second-order valence-corrected chi connectivity index (χ2v) is 29.6. The minimum Gasteiger partial charge on any atom is -0.504 e. The third-order valence-corrected chi connectivity index (χ3v) is 21.9. The van der Waals surface area contributed by atoms with E-state index in [0.717, 1.165) is 0 Å². The number of ether oxygens (including phenoxy) is 13. The number of Topliss-reactive ketones (excluding diaryl/α,β-unsaturated/α-hetero) is 2. The van der Waals surface area contributed by atoms with E-state index in [-0.39, 0.29) is 54.6 Å². The molecule has 3 fully saturated rings. The van der Waals surface area contributed by atoms with Crippen LogP contribution in [0.15, 0.2) is 60.7 Å². The third-order valence-electron chi connectivity index (χ3n) is 21.9. The number of ketones is 2. The number of fused-ring (bicyclic) bond motifs is 18. The average molecular weight is 1860 g/mol. The Morgan fingerprint density at radius 3 is 1.08 bits per heavy atom. The van der Waals surface area contributed by atoms with E-state index in [4.69, 9.17) is 61.6 Å². The Labute approximate surface area is 729 Å². The van der Waals surface area contributed by atoms with Crippen LogP contribution in [0.5, 0.6) is 161 Å². The molecule has 52 nitrogen and oxygen atoms in total. The van der Waals surface area contributed by atoms with Crippen LogP contribution < -0.4 is 4.74 Å². The van der Waals surface area contributed by atoms with Gasteiger partial charge >= 0.3 is 59.7 Å². The molecule has 7 aliphatic rings. The van der Waals surface area contributed by atoms with Crippen LogP contribution in [0.25, 0.3) is 33.4 Å². The highest BCUT2D eigenvalue weighted by atomic mass is 16.8. The maximum Gasteiger partial charge on any atom is 0.344 e. The monoisotopic (exact) mass is 1860 g/mol. The maximum absolute atomic E-state index is 15.4. The molecule has 6 heterocycles. The summed E-state index contributed by atoms with van der Waals surface area (Å²) in [5.74, 6) is -72.7. The van der Waals surface area contributed by atoms with Crippen LogP contribution >= 0.6 is 0 Å². The van der Waals surface area contributed by atoms with Gasteiger partial charge in [-0.3, -0.25) is 19.1 Å². The second-order valence-electron chi connectivity index (χ2n) is 29.6. The van der Waals surface area contributed by atoms with Gasteiger partial charge in [-0.1, -0.05) is 0 Å². The van der Waals surface area contributed by atoms with Gasteiger partial charge in [0.1, 0.15) is 18.3 Å². The highest BCUT2D eigenvalue weighted by Gasteiger charge is 2.61. The van der Waals surface area contributed by atoms with Crippen molar-refractivity contribution in [2.45, 2.75) is 80.0 Å². The lowest BCUT2D eigenvalue weighted by Gasteiger charge is -2.44. The van der Waals surface area contributed by atoms with Gasteiger partial charge in [-0.15, -0.1) is 0 Å². The number of benzene rings is 9. The first-order valence-corrected chi connectivity index (χ1v) is 37.2. The molecule has 13 atom stereocenters. The Morgan fingerprint density at radius 1 is 0.316 bits per heavy atom. The average Bonchev–Trinajstić information content (AvgIpc) is 1.32. The van der Waals surface area contributed by atoms with Gasteiger partial charge in [-0.05, 0) is 54.6 Å². The van der Waals surface area contributed by atoms with Gasteiger partial charge in [0.25, 0.3) is 0 Å². The lowest BCUT2D eigenvalue weighted by Crippen LogP contribution is -2.63. The molecule has 9 aromatic carbocycles. The van der Waals surface area contributed by atoms with Crippen molar-refractivity contribution in [2.24, 2.45) is 5.92 Å². The number of hydrogen-bond donors (Lipinski definition) is 27. The minimum atomic E-state index is -3.21. The molecule has 690 valence electrons.